The van der Waals surface area contributed by atoms with Gasteiger partial charge in [0.05, 0.1) is 7.11 Å². The SMILES string of the molecule is COc1ccc(COc2ccc(C(N)=O)cc2)cc1-c1cccc(Cl)c1. The summed E-state index contributed by atoms with van der Waals surface area (Å²) in [7, 11) is 1.64. The molecule has 0 radical (unpaired) electrons. The van der Waals surface area contributed by atoms with Crippen molar-refractivity contribution in [1.82, 2.24) is 0 Å². The summed E-state index contributed by atoms with van der Waals surface area (Å²) in [4.78, 5) is 11.1. The van der Waals surface area contributed by atoms with Crippen molar-refractivity contribution >= 4 is 17.5 Å². The van der Waals surface area contributed by atoms with E-state index in [1.165, 1.54) is 0 Å². The molecule has 0 heterocycles. The maximum Gasteiger partial charge on any atom is 0.248 e. The number of ether oxygens (including phenoxy) is 2. The molecule has 5 heteroatoms. The van der Waals surface area contributed by atoms with E-state index >= 15 is 0 Å². The first-order chi connectivity index (χ1) is 12.6. The summed E-state index contributed by atoms with van der Waals surface area (Å²) >= 11 is 6.11. The summed E-state index contributed by atoms with van der Waals surface area (Å²) in [5.74, 6) is 0.967. The molecular formula is C21H18ClNO3. The fraction of sp³-hybridized carbons (Fsp3) is 0.0952. The Kier molecular flexibility index (Phi) is 5.44. The molecule has 0 fully saturated rings. The van der Waals surface area contributed by atoms with Crippen LogP contribution >= 0.6 is 11.6 Å². The summed E-state index contributed by atoms with van der Waals surface area (Å²) < 4.78 is 11.3. The zero-order chi connectivity index (χ0) is 18.5. The average Bonchev–Trinajstić information content (AvgIpc) is 2.66. The molecule has 4 nitrogen and oxygen atoms in total. The maximum absolute atomic E-state index is 11.1. The normalized spacial score (nSPS) is 10.4. The van der Waals surface area contributed by atoms with Crippen LogP contribution in [0.3, 0.4) is 0 Å². The van der Waals surface area contributed by atoms with Gasteiger partial charge in [-0.1, -0.05) is 29.8 Å². The van der Waals surface area contributed by atoms with Crippen LogP contribution in [0.5, 0.6) is 11.5 Å². The molecule has 26 heavy (non-hydrogen) atoms. The van der Waals surface area contributed by atoms with Gasteiger partial charge in [-0.2, -0.15) is 0 Å². The lowest BCUT2D eigenvalue weighted by Gasteiger charge is -2.12. The average molecular weight is 368 g/mol. The van der Waals surface area contributed by atoms with Crippen molar-refractivity contribution in [3.05, 3.63) is 82.9 Å². The third-order valence-electron chi connectivity index (χ3n) is 3.94. The molecular weight excluding hydrogens is 350 g/mol. The van der Waals surface area contributed by atoms with Crippen LogP contribution in [0.25, 0.3) is 11.1 Å². The second kappa shape index (κ2) is 7.93. The van der Waals surface area contributed by atoms with Gasteiger partial charge in [-0.3, -0.25) is 4.79 Å². The maximum atomic E-state index is 11.1. The minimum atomic E-state index is -0.460. The third-order valence-corrected chi connectivity index (χ3v) is 4.18. The van der Waals surface area contributed by atoms with Gasteiger partial charge in [0.15, 0.2) is 0 Å². The first-order valence-corrected chi connectivity index (χ1v) is 8.40. The molecule has 3 rings (SSSR count). The molecule has 0 aliphatic rings. The van der Waals surface area contributed by atoms with E-state index in [9.17, 15) is 4.79 Å². The number of hydrogen-bond donors (Lipinski definition) is 1. The molecule has 132 valence electrons. The highest BCUT2D eigenvalue weighted by atomic mass is 35.5. The van der Waals surface area contributed by atoms with Gasteiger partial charge in [0, 0.05) is 16.1 Å². The standard InChI is InChI=1S/C21H18ClNO3/c1-25-20-10-5-14(11-19(20)16-3-2-4-17(22)12-16)13-26-18-8-6-15(7-9-18)21(23)24/h2-12H,13H2,1H3,(H2,23,24). The zero-order valence-electron chi connectivity index (χ0n) is 14.2. The van der Waals surface area contributed by atoms with Gasteiger partial charge in [-0.05, 0) is 59.7 Å². The molecule has 0 bridgehead atoms. The highest BCUT2D eigenvalue weighted by Crippen LogP contribution is 2.32. The molecule has 0 aromatic heterocycles. The van der Waals surface area contributed by atoms with E-state index in [0.29, 0.717) is 22.9 Å². The van der Waals surface area contributed by atoms with Crippen molar-refractivity contribution in [1.29, 1.82) is 0 Å². The second-order valence-electron chi connectivity index (χ2n) is 5.72. The van der Waals surface area contributed by atoms with Crippen LogP contribution in [-0.4, -0.2) is 13.0 Å². The van der Waals surface area contributed by atoms with Crippen molar-refractivity contribution < 1.29 is 14.3 Å². The Balaban J connectivity index is 1.80. The third kappa shape index (κ3) is 4.16. The van der Waals surface area contributed by atoms with Gasteiger partial charge in [0.2, 0.25) is 5.91 Å². The first-order valence-electron chi connectivity index (χ1n) is 8.02. The van der Waals surface area contributed by atoms with E-state index in [1.54, 1.807) is 31.4 Å². The van der Waals surface area contributed by atoms with Gasteiger partial charge >= 0.3 is 0 Å². The van der Waals surface area contributed by atoms with E-state index in [-0.39, 0.29) is 0 Å². The van der Waals surface area contributed by atoms with Crippen LogP contribution < -0.4 is 15.2 Å². The molecule has 3 aromatic carbocycles. The monoisotopic (exact) mass is 367 g/mol. The topological polar surface area (TPSA) is 61.6 Å². The predicted octanol–water partition coefficient (Wildman–Crippen LogP) is 4.69. The van der Waals surface area contributed by atoms with E-state index in [0.717, 1.165) is 22.4 Å². The van der Waals surface area contributed by atoms with Gasteiger partial charge in [-0.25, -0.2) is 0 Å². The Morgan fingerprint density at radius 2 is 1.81 bits per heavy atom. The number of benzene rings is 3. The lowest BCUT2D eigenvalue weighted by Crippen LogP contribution is -2.10. The van der Waals surface area contributed by atoms with Gasteiger partial charge in [0.25, 0.3) is 0 Å². The number of primary amides is 1. The second-order valence-corrected chi connectivity index (χ2v) is 6.16. The first kappa shape index (κ1) is 17.8. The van der Waals surface area contributed by atoms with E-state index < -0.39 is 5.91 Å². The van der Waals surface area contributed by atoms with Crippen LogP contribution in [0, 0.1) is 0 Å². The van der Waals surface area contributed by atoms with Crippen LogP contribution in [0.4, 0.5) is 0 Å². The quantitative estimate of drug-likeness (QED) is 0.687. The fourth-order valence-electron chi connectivity index (χ4n) is 2.61. The zero-order valence-corrected chi connectivity index (χ0v) is 15.0. The number of rotatable bonds is 6. The summed E-state index contributed by atoms with van der Waals surface area (Å²) in [6, 6.07) is 20.2. The number of amides is 1. The minimum absolute atomic E-state index is 0.382. The number of hydrogen-bond acceptors (Lipinski definition) is 3. The smallest absolute Gasteiger partial charge is 0.248 e. The lowest BCUT2D eigenvalue weighted by molar-refractivity contribution is 0.1000. The molecule has 0 atom stereocenters. The van der Waals surface area contributed by atoms with Gasteiger partial charge in [0.1, 0.15) is 18.1 Å². The Morgan fingerprint density at radius 1 is 1.04 bits per heavy atom. The molecule has 0 saturated carbocycles. The van der Waals surface area contributed by atoms with Crippen molar-refractivity contribution in [3.8, 4) is 22.6 Å². The molecule has 0 saturated heterocycles. The Hall–Kier alpha value is -2.98. The summed E-state index contributed by atoms with van der Waals surface area (Å²) in [5.41, 5.74) is 8.59. The number of nitrogens with two attached hydrogens (primary N) is 1. The van der Waals surface area contributed by atoms with Crippen molar-refractivity contribution in [2.45, 2.75) is 6.61 Å². The van der Waals surface area contributed by atoms with E-state index in [2.05, 4.69) is 0 Å². The van der Waals surface area contributed by atoms with E-state index in [4.69, 9.17) is 26.8 Å². The fourth-order valence-corrected chi connectivity index (χ4v) is 2.80. The summed E-state index contributed by atoms with van der Waals surface area (Å²) in [5, 5.41) is 0.667. The largest absolute Gasteiger partial charge is 0.496 e. The van der Waals surface area contributed by atoms with Crippen LogP contribution in [0.2, 0.25) is 5.02 Å². The van der Waals surface area contributed by atoms with Crippen LogP contribution in [0.1, 0.15) is 15.9 Å². The lowest BCUT2D eigenvalue weighted by atomic mass is 10.0. The Morgan fingerprint density at radius 3 is 2.46 bits per heavy atom. The highest BCUT2D eigenvalue weighted by molar-refractivity contribution is 6.30. The molecule has 0 spiro atoms. The molecule has 2 N–H and O–H groups in total. The molecule has 3 aromatic rings. The van der Waals surface area contributed by atoms with Gasteiger partial charge in [-0.15, -0.1) is 0 Å². The van der Waals surface area contributed by atoms with Crippen molar-refractivity contribution in [2.24, 2.45) is 5.73 Å². The van der Waals surface area contributed by atoms with E-state index in [1.807, 2.05) is 42.5 Å². The number of halogens is 1. The Bertz CT molecular complexity index is 923. The molecule has 0 aliphatic carbocycles. The summed E-state index contributed by atoms with van der Waals surface area (Å²) in [6.45, 7) is 0.382. The molecule has 0 aliphatic heterocycles. The molecule has 1 amide bonds. The highest BCUT2D eigenvalue weighted by Gasteiger charge is 2.08. The Labute approximate surface area is 157 Å². The van der Waals surface area contributed by atoms with Gasteiger partial charge < -0.3 is 15.2 Å². The molecule has 0 unspecified atom stereocenters. The predicted molar refractivity (Wildman–Crippen MR) is 103 cm³/mol. The van der Waals surface area contributed by atoms with Crippen LogP contribution in [0.15, 0.2) is 66.7 Å². The van der Waals surface area contributed by atoms with Crippen molar-refractivity contribution in [2.75, 3.05) is 7.11 Å². The van der Waals surface area contributed by atoms with Crippen LogP contribution in [-0.2, 0) is 6.61 Å². The van der Waals surface area contributed by atoms with Crippen molar-refractivity contribution in [3.63, 3.8) is 0 Å². The number of carbonyl (C=O) groups excluding carboxylic acids is 1. The summed E-state index contributed by atoms with van der Waals surface area (Å²) in [6.07, 6.45) is 0. The number of methoxy groups -OCH3 is 1. The number of carbonyl (C=O) groups is 1. The minimum Gasteiger partial charge on any atom is -0.496 e.